The van der Waals surface area contributed by atoms with Crippen LogP contribution in [0.4, 0.5) is 0 Å². The number of nitrogens with zero attached hydrogens (tertiary/aromatic N) is 1. The van der Waals surface area contributed by atoms with Crippen molar-refractivity contribution in [3.63, 3.8) is 0 Å². The first-order valence-electron chi connectivity index (χ1n) is 11.0. The van der Waals surface area contributed by atoms with Gasteiger partial charge in [-0.1, -0.05) is 12.1 Å². The van der Waals surface area contributed by atoms with E-state index in [2.05, 4.69) is 4.90 Å². The van der Waals surface area contributed by atoms with Gasteiger partial charge in [-0.25, -0.2) is 4.79 Å². The maximum absolute atomic E-state index is 12.6. The molecule has 174 valence electrons. The highest BCUT2D eigenvalue weighted by Gasteiger charge is 2.69. The third kappa shape index (κ3) is 3.08. The van der Waals surface area contributed by atoms with Crippen molar-refractivity contribution in [2.75, 3.05) is 13.6 Å². The Labute approximate surface area is 187 Å². The quantitative estimate of drug-likeness (QED) is 0.675. The maximum atomic E-state index is 12.6. The molecular formula is C24H31NO7. The number of aliphatic hydroxyl groups is 2. The summed E-state index contributed by atoms with van der Waals surface area (Å²) in [5.74, 6) is -0.430. The van der Waals surface area contributed by atoms with Gasteiger partial charge < -0.3 is 29.3 Å². The summed E-state index contributed by atoms with van der Waals surface area (Å²) in [6.45, 7) is 7.16. The van der Waals surface area contributed by atoms with E-state index in [-0.39, 0.29) is 19.1 Å². The zero-order valence-corrected chi connectivity index (χ0v) is 19.2. The Kier molecular flexibility index (Phi) is 5.59. The molecule has 2 aliphatic heterocycles. The molecule has 0 unspecified atom stereocenters. The number of ether oxygens (including phenoxy) is 3. The van der Waals surface area contributed by atoms with E-state index in [1.807, 2.05) is 33.0 Å². The highest BCUT2D eigenvalue weighted by atomic mass is 16.6. The van der Waals surface area contributed by atoms with Gasteiger partial charge in [0.2, 0.25) is 0 Å². The second kappa shape index (κ2) is 7.86. The third-order valence-electron chi connectivity index (χ3n) is 7.50. The van der Waals surface area contributed by atoms with E-state index in [4.69, 9.17) is 14.2 Å². The summed E-state index contributed by atoms with van der Waals surface area (Å²) in [7, 11) is 1.98. The van der Waals surface area contributed by atoms with Crippen molar-refractivity contribution >= 4 is 11.9 Å². The van der Waals surface area contributed by atoms with E-state index >= 15 is 0 Å². The van der Waals surface area contributed by atoms with Crippen molar-refractivity contribution in [1.29, 1.82) is 0 Å². The van der Waals surface area contributed by atoms with E-state index < -0.39 is 35.2 Å². The molecule has 1 aromatic rings. The monoisotopic (exact) mass is 445 g/mol. The fourth-order valence-electron chi connectivity index (χ4n) is 5.70. The first kappa shape index (κ1) is 22.8. The molecule has 1 aliphatic carbocycles. The molecule has 4 rings (SSSR count). The molecule has 0 bridgehead atoms. The van der Waals surface area contributed by atoms with Crippen LogP contribution in [0.5, 0.6) is 5.75 Å². The van der Waals surface area contributed by atoms with Crippen LogP contribution >= 0.6 is 0 Å². The minimum atomic E-state index is -1.17. The topological polar surface area (TPSA) is 106 Å². The molecule has 0 aromatic heterocycles. The van der Waals surface area contributed by atoms with Gasteiger partial charge in [-0.2, -0.15) is 0 Å². The van der Waals surface area contributed by atoms with Gasteiger partial charge in [0, 0.05) is 30.5 Å². The van der Waals surface area contributed by atoms with Crippen LogP contribution in [0.25, 0.3) is 0 Å². The number of carbonyl (C=O) groups excluding carboxylic acids is 2. The van der Waals surface area contributed by atoms with E-state index in [9.17, 15) is 19.8 Å². The lowest BCUT2D eigenvalue weighted by Gasteiger charge is -2.58. The first-order chi connectivity index (χ1) is 15.1. The smallest absolute Gasteiger partial charge is 0.352 e. The average Bonchev–Trinajstić information content (AvgIpc) is 3.10. The Morgan fingerprint density at radius 1 is 1.38 bits per heavy atom. The molecule has 8 nitrogen and oxygen atoms in total. The Hall–Kier alpha value is -2.42. The zero-order chi connectivity index (χ0) is 23.4. The van der Waals surface area contributed by atoms with Crippen molar-refractivity contribution < 1.29 is 34.0 Å². The average molecular weight is 446 g/mol. The molecule has 1 saturated heterocycles. The van der Waals surface area contributed by atoms with Crippen LogP contribution in [0.3, 0.4) is 0 Å². The Balaban J connectivity index is 1.83. The summed E-state index contributed by atoms with van der Waals surface area (Å²) >= 11 is 0. The Bertz CT molecular complexity index is 989. The molecule has 2 N–H and O–H groups in total. The number of likely N-dealkylation sites (N-methyl/N-ethyl adjacent to an activating group) is 1. The van der Waals surface area contributed by atoms with Crippen LogP contribution in [-0.4, -0.2) is 64.5 Å². The van der Waals surface area contributed by atoms with Gasteiger partial charge in [0.05, 0.1) is 17.6 Å². The summed E-state index contributed by atoms with van der Waals surface area (Å²) in [5, 5.41) is 22.1. The van der Waals surface area contributed by atoms with Crippen molar-refractivity contribution in [2.24, 2.45) is 0 Å². The molecule has 1 fully saturated rings. The highest BCUT2D eigenvalue weighted by Crippen LogP contribution is 2.61. The minimum Gasteiger partial charge on any atom is -0.481 e. The molecule has 1 spiro atoms. The molecule has 0 amide bonds. The lowest BCUT2D eigenvalue weighted by Crippen LogP contribution is -2.71. The number of aliphatic hydroxyl groups excluding tert-OH is 1. The highest BCUT2D eigenvalue weighted by molar-refractivity contribution is 5.79. The number of piperidine rings is 1. The number of likely N-dealkylation sites (tertiary alicyclic amines) is 1. The summed E-state index contributed by atoms with van der Waals surface area (Å²) in [6.07, 6.45) is 0.751. The van der Waals surface area contributed by atoms with Crippen molar-refractivity contribution in [1.82, 2.24) is 4.90 Å². The molecule has 5 atom stereocenters. The number of benzene rings is 1. The van der Waals surface area contributed by atoms with Crippen molar-refractivity contribution in [3.8, 4) is 5.75 Å². The zero-order valence-electron chi connectivity index (χ0n) is 19.2. The van der Waals surface area contributed by atoms with E-state index in [1.54, 1.807) is 6.08 Å². The number of hydrogen-bond donors (Lipinski definition) is 2. The van der Waals surface area contributed by atoms with Gasteiger partial charge in [0.15, 0.2) is 12.2 Å². The fourth-order valence-corrected chi connectivity index (χ4v) is 5.70. The van der Waals surface area contributed by atoms with Gasteiger partial charge in [0.25, 0.3) is 0 Å². The molecule has 2 heterocycles. The Morgan fingerprint density at radius 2 is 2.09 bits per heavy atom. The molecule has 32 heavy (non-hydrogen) atoms. The van der Waals surface area contributed by atoms with Crippen LogP contribution in [0.1, 0.15) is 50.3 Å². The summed E-state index contributed by atoms with van der Waals surface area (Å²) in [5.41, 5.74) is 0.425. The van der Waals surface area contributed by atoms with E-state index in [1.165, 1.54) is 13.8 Å². The van der Waals surface area contributed by atoms with Crippen molar-refractivity contribution in [3.05, 3.63) is 40.7 Å². The standard InChI is InChI=1S/C24H31NO7/c1-13-6-7-17(12-26)20-19(13)23-10-11-25(5)15(3)24(23,29)9-8-18(21(23)32-20)31-22(28)14(2)30-16(4)27/h6-8,14-15,21,26,29H,9-12H2,1-5H3/t14-,15+,21-,23-,24+/m0/s1. The number of carbonyl (C=O) groups is 2. The van der Waals surface area contributed by atoms with Gasteiger partial charge in [-0.05, 0) is 52.4 Å². The number of esters is 2. The largest absolute Gasteiger partial charge is 0.481 e. The van der Waals surface area contributed by atoms with Crippen LogP contribution in [0, 0.1) is 6.92 Å². The molecule has 8 heteroatoms. The van der Waals surface area contributed by atoms with Crippen LogP contribution in [0.15, 0.2) is 24.0 Å². The number of aryl methyl sites for hydroxylation is 1. The maximum Gasteiger partial charge on any atom is 0.352 e. The predicted octanol–water partition coefficient (Wildman–Crippen LogP) is 1.72. The minimum absolute atomic E-state index is 0.182. The number of rotatable bonds is 4. The summed E-state index contributed by atoms with van der Waals surface area (Å²) in [6, 6.07) is 3.57. The van der Waals surface area contributed by atoms with Gasteiger partial charge in [0.1, 0.15) is 11.5 Å². The van der Waals surface area contributed by atoms with Gasteiger partial charge in [-0.3, -0.25) is 4.79 Å². The van der Waals surface area contributed by atoms with Crippen LogP contribution in [0.2, 0.25) is 0 Å². The molecule has 0 radical (unpaired) electrons. The molecular weight excluding hydrogens is 414 g/mol. The number of fused-ring (bicyclic) bond motifs is 1. The first-order valence-corrected chi connectivity index (χ1v) is 11.0. The van der Waals surface area contributed by atoms with Crippen LogP contribution in [-0.2, 0) is 31.1 Å². The number of hydrogen-bond acceptors (Lipinski definition) is 8. The second-order valence-corrected chi connectivity index (χ2v) is 9.19. The van der Waals surface area contributed by atoms with E-state index in [0.29, 0.717) is 23.5 Å². The van der Waals surface area contributed by atoms with Crippen molar-refractivity contribution in [2.45, 2.75) is 76.4 Å². The van der Waals surface area contributed by atoms with Gasteiger partial charge >= 0.3 is 11.9 Å². The SMILES string of the molecule is CC(=O)O[C@@H](C)C(=O)OC1=CC[C@@]2(O)[C@@H](C)N(C)CC[C@@]23c2c(C)ccc(CO)c2O[C@@H]13. The third-order valence-corrected chi connectivity index (χ3v) is 7.50. The van der Waals surface area contributed by atoms with Crippen LogP contribution < -0.4 is 4.74 Å². The second-order valence-electron chi connectivity index (χ2n) is 9.19. The normalized spacial score (nSPS) is 32.0. The predicted molar refractivity (Wildman–Crippen MR) is 115 cm³/mol. The van der Waals surface area contributed by atoms with Gasteiger partial charge in [-0.15, -0.1) is 0 Å². The summed E-state index contributed by atoms with van der Waals surface area (Å²) < 4.78 is 17.1. The fraction of sp³-hybridized carbons (Fsp3) is 0.583. The molecule has 1 aromatic carbocycles. The Morgan fingerprint density at radius 3 is 2.75 bits per heavy atom. The lowest BCUT2D eigenvalue weighted by molar-refractivity contribution is -0.171. The lowest BCUT2D eigenvalue weighted by atomic mass is 9.54. The molecule has 3 aliphatic rings. The summed E-state index contributed by atoms with van der Waals surface area (Å²) in [4.78, 5) is 26.0. The molecule has 0 saturated carbocycles. The van der Waals surface area contributed by atoms with E-state index in [0.717, 1.165) is 17.7 Å².